The molecule has 0 bridgehead atoms. The number of sulfonamides is 1. The summed E-state index contributed by atoms with van der Waals surface area (Å²) in [6.45, 7) is 2.63. The van der Waals surface area contributed by atoms with Gasteiger partial charge in [0, 0.05) is 32.6 Å². The predicted octanol–water partition coefficient (Wildman–Crippen LogP) is 3.61. The van der Waals surface area contributed by atoms with E-state index in [2.05, 4.69) is 58.2 Å². The molecule has 36 heavy (non-hydrogen) atoms. The Morgan fingerprint density at radius 2 is 1.36 bits per heavy atom. The number of benzene rings is 3. The Kier molecular flexibility index (Phi) is 8.40. The lowest BCUT2D eigenvalue weighted by Gasteiger charge is -2.40. The maximum atomic E-state index is 13.3. The fourth-order valence-electron chi connectivity index (χ4n) is 4.74. The summed E-state index contributed by atoms with van der Waals surface area (Å²) in [5.74, 6) is 0.605. The number of nitrogens with zero attached hydrogens (tertiary/aromatic N) is 2. The molecule has 1 atom stereocenters. The summed E-state index contributed by atoms with van der Waals surface area (Å²) in [5.41, 5.74) is 3.17. The molecule has 1 aliphatic rings. The van der Waals surface area contributed by atoms with E-state index in [1.807, 2.05) is 17.0 Å². The van der Waals surface area contributed by atoms with Gasteiger partial charge in [-0.15, -0.1) is 0 Å². The van der Waals surface area contributed by atoms with E-state index in [1.54, 1.807) is 31.4 Å². The van der Waals surface area contributed by atoms with E-state index < -0.39 is 16.1 Å². The van der Waals surface area contributed by atoms with Crippen molar-refractivity contribution in [2.24, 2.45) is 0 Å². The van der Waals surface area contributed by atoms with Crippen molar-refractivity contribution in [2.45, 2.75) is 18.5 Å². The van der Waals surface area contributed by atoms with Crippen molar-refractivity contribution >= 4 is 15.9 Å². The van der Waals surface area contributed by atoms with Crippen molar-refractivity contribution in [3.05, 3.63) is 102 Å². The molecule has 0 saturated carbocycles. The number of amides is 1. The molecule has 1 fully saturated rings. The third-order valence-electron chi connectivity index (χ3n) is 6.52. The van der Waals surface area contributed by atoms with Crippen LogP contribution in [0.25, 0.3) is 0 Å². The molecule has 4 rings (SSSR count). The third-order valence-corrected chi connectivity index (χ3v) is 7.23. The molecule has 0 aliphatic carbocycles. The molecule has 0 aromatic heterocycles. The Hall–Kier alpha value is -3.20. The van der Waals surface area contributed by atoms with Gasteiger partial charge in [0.15, 0.2) is 0 Å². The molecule has 1 aliphatic heterocycles. The molecule has 1 N–H and O–H groups in total. The van der Waals surface area contributed by atoms with Gasteiger partial charge in [-0.1, -0.05) is 72.8 Å². The summed E-state index contributed by atoms with van der Waals surface area (Å²) in [5, 5.41) is 0. The van der Waals surface area contributed by atoms with Crippen molar-refractivity contribution in [1.82, 2.24) is 14.5 Å². The Morgan fingerprint density at radius 1 is 0.833 bits per heavy atom. The second kappa shape index (κ2) is 11.7. The molecular weight excluding hydrogens is 474 g/mol. The number of ether oxygens (including phenoxy) is 1. The lowest BCUT2D eigenvalue weighted by Crippen LogP contribution is -2.50. The van der Waals surface area contributed by atoms with Crippen LogP contribution in [0.2, 0.25) is 0 Å². The maximum absolute atomic E-state index is 13.3. The van der Waals surface area contributed by atoms with Gasteiger partial charge in [-0.3, -0.25) is 9.69 Å². The smallest absolute Gasteiger partial charge is 0.224 e. The molecule has 3 aromatic rings. The third kappa shape index (κ3) is 6.72. The normalized spacial score (nSPS) is 15.6. The summed E-state index contributed by atoms with van der Waals surface area (Å²) < 4.78 is 31.9. The summed E-state index contributed by atoms with van der Waals surface area (Å²) in [4.78, 5) is 17.5. The lowest BCUT2D eigenvalue weighted by molar-refractivity contribution is -0.133. The summed E-state index contributed by atoms with van der Waals surface area (Å²) in [6.07, 6.45) is 1.17. The minimum Gasteiger partial charge on any atom is -0.497 e. The Morgan fingerprint density at radius 3 is 1.83 bits per heavy atom. The van der Waals surface area contributed by atoms with Crippen molar-refractivity contribution in [3.8, 4) is 5.75 Å². The molecule has 190 valence electrons. The summed E-state index contributed by atoms with van der Waals surface area (Å²) >= 11 is 0. The fourth-order valence-corrected chi connectivity index (χ4v) is 5.48. The monoisotopic (exact) mass is 507 g/mol. The number of nitrogens with one attached hydrogen (secondary N) is 1. The average molecular weight is 508 g/mol. The van der Waals surface area contributed by atoms with Crippen LogP contribution in [0.5, 0.6) is 5.75 Å². The van der Waals surface area contributed by atoms with Gasteiger partial charge in [-0.25, -0.2) is 13.1 Å². The largest absolute Gasteiger partial charge is 0.497 e. The van der Waals surface area contributed by atoms with Gasteiger partial charge in [-0.2, -0.15) is 0 Å². The van der Waals surface area contributed by atoms with Crippen LogP contribution in [0, 0.1) is 0 Å². The van der Waals surface area contributed by atoms with Crippen LogP contribution in [-0.4, -0.2) is 63.7 Å². The van der Waals surface area contributed by atoms with E-state index in [4.69, 9.17) is 4.74 Å². The standard InChI is InChI=1S/C28H33N3O4S/c1-35-25-15-13-22(14-16-25)26(29-36(2,33)34)21-27(32)30-17-19-31(20-18-30)28(23-9-5-3-6-10-23)24-11-7-4-8-12-24/h3-16,26,28-29H,17-21H2,1-2H3/t26-/m1/s1. The lowest BCUT2D eigenvalue weighted by atomic mass is 9.96. The SMILES string of the molecule is COc1ccc([C@@H](CC(=O)N2CCN(C(c3ccccc3)c3ccccc3)CC2)NS(C)(=O)=O)cc1. The van der Waals surface area contributed by atoms with Crippen molar-refractivity contribution in [2.75, 3.05) is 39.5 Å². The highest BCUT2D eigenvalue weighted by Gasteiger charge is 2.30. The Labute approximate surface area is 213 Å². The molecular formula is C28H33N3O4S. The Balaban J connectivity index is 1.45. The van der Waals surface area contributed by atoms with Crippen LogP contribution >= 0.6 is 0 Å². The second-order valence-corrected chi connectivity index (χ2v) is 10.8. The molecule has 3 aromatic carbocycles. The van der Waals surface area contributed by atoms with Crippen LogP contribution in [-0.2, 0) is 14.8 Å². The molecule has 1 heterocycles. The van der Waals surface area contributed by atoms with Crippen LogP contribution in [0.1, 0.15) is 35.2 Å². The van der Waals surface area contributed by atoms with E-state index in [-0.39, 0.29) is 18.4 Å². The van der Waals surface area contributed by atoms with Gasteiger partial charge in [0.05, 0.1) is 25.4 Å². The molecule has 0 radical (unpaired) electrons. The quantitative estimate of drug-likeness (QED) is 0.479. The minimum atomic E-state index is -3.51. The van der Waals surface area contributed by atoms with Crippen molar-refractivity contribution in [3.63, 3.8) is 0 Å². The van der Waals surface area contributed by atoms with Gasteiger partial charge < -0.3 is 9.64 Å². The van der Waals surface area contributed by atoms with Crippen molar-refractivity contribution < 1.29 is 17.9 Å². The number of carbonyl (C=O) groups excluding carboxylic acids is 1. The summed E-state index contributed by atoms with van der Waals surface area (Å²) in [7, 11) is -1.93. The highest BCUT2D eigenvalue weighted by atomic mass is 32.2. The first-order valence-electron chi connectivity index (χ1n) is 12.1. The average Bonchev–Trinajstić information content (AvgIpc) is 2.89. The van der Waals surface area contributed by atoms with Crippen LogP contribution in [0.15, 0.2) is 84.9 Å². The van der Waals surface area contributed by atoms with Crippen LogP contribution in [0.4, 0.5) is 0 Å². The van der Waals surface area contributed by atoms with E-state index >= 15 is 0 Å². The highest BCUT2D eigenvalue weighted by molar-refractivity contribution is 7.88. The fraction of sp³-hybridized carbons (Fsp3) is 0.321. The second-order valence-electron chi connectivity index (χ2n) is 9.06. The molecule has 8 heteroatoms. The zero-order chi connectivity index (χ0) is 25.5. The molecule has 1 saturated heterocycles. The van der Waals surface area contributed by atoms with Crippen LogP contribution in [0.3, 0.4) is 0 Å². The predicted molar refractivity (Wildman–Crippen MR) is 141 cm³/mol. The van der Waals surface area contributed by atoms with Crippen molar-refractivity contribution in [1.29, 1.82) is 0 Å². The minimum absolute atomic E-state index is 0.0558. The molecule has 7 nitrogen and oxygen atoms in total. The number of carbonyl (C=O) groups is 1. The maximum Gasteiger partial charge on any atom is 0.224 e. The first-order valence-corrected chi connectivity index (χ1v) is 14.0. The first kappa shape index (κ1) is 25.9. The number of hydrogen-bond donors (Lipinski definition) is 1. The van der Waals surface area contributed by atoms with Gasteiger partial charge in [0.25, 0.3) is 0 Å². The van der Waals surface area contributed by atoms with Gasteiger partial charge in [-0.05, 0) is 28.8 Å². The molecule has 0 unspecified atom stereocenters. The number of rotatable bonds is 9. The number of hydrogen-bond acceptors (Lipinski definition) is 5. The highest BCUT2D eigenvalue weighted by Crippen LogP contribution is 2.30. The van der Waals surface area contributed by atoms with Gasteiger partial charge >= 0.3 is 0 Å². The van der Waals surface area contributed by atoms with E-state index in [9.17, 15) is 13.2 Å². The van der Waals surface area contributed by atoms with E-state index in [1.165, 1.54) is 11.1 Å². The number of methoxy groups -OCH3 is 1. The van der Waals surface area contributed by atoms with Gasteiger partial charge in [0.1, 0.15) is 5.75 Å². The topological polar surface area (TPSA) is 79.0 Å². The first-order chi connectivity index (χ1) is 17.3. The zero-order valence-electron chi connectivity index (χ0n) is 20.7. The summed E-state index contributed by atoms with van der Waals surface area (Å²) in [6, 6.07) is 27.4. The zero-order valence-corrected chi connectivity index (χ0v) is 21.5. The van der Waals surface area contributed by atoms with Gasteiger partial charge in [0.2, 0.25) is 15.9 Å². The Bertz CT molecular complexity index is 1190. The molecule has 0 spiro atoms. The molecule has 1 amide bonds. The van der Waals surface area contributed by atoms with E-state index in [0.29, 0.717) is 18.8 Å². The van der Waals surface area contributed by atoms with E-state index in [0.717, 1.165) is 24.9 Å². The van der Waals surface area contributed by atoms with Crippen LogP contribution < -0.4 is 9.46 Å². The number of piperazine rings is 1.